The van der Waals surface area contributed by atoms with Gasteiger partial charge in [0.05, 0.1) is 12.2 Å². The van der Waals surface area contributed by atoms with E-state index in [0.29, 0.717) is 5.69 Å². The monoisotopic (exact) mass is 520 g/mol. The van der Waals surface area contributed by atoms with Crippen LogP contribution in [0.2, 0.25) is 0 Å². The number of anilines is 1. The summed E-state index contributed by atoms with van der Waals surface area (Å²) in [6.45, 7) is 1.50. The molecule has 1 amide bonds. The predicted molar refractivity (Wildman–Crippen MR) is 129 cm³/mol. The van der Waals surface area contributed by atoms with E-state index in [4.69, 9.17) is 0 Å². The fraction of sp³-hybridized carbons (Fsp3) is 0.286. The zero-order valence-corrected chi connectivity index (χ0v) is 20.4. The number of nitrogens with one attached hydrogen (secondary N) is 1. The first-order valence-electron chi connectivity index (χ1n) is 10.3. The van der Waals surface area contributed by atoms with Crippen molar-refractivity contribution in [2.24, 2.45) is 0 Å². The lowest BCUT2D eigenvalue weighted by molar-refractivity contribution is -0.144. The average Bonchev–Trinajstić information content (AvgIpc) is 3.18. The molecule has 35 heavy (non-hydrogen) atoms. The lowest BCUT2D eigenvalue weighted by Crippen LogP contribution is -2.44. The molecule has 0 saturated heterocycles. The van der Waals surface area contributed by atoms with Crippen molar-refractivity contribution in [2.75, 3.05) is 23.9 Å². The summed E-state index contributed by atoms with van der Waals surface area (Å²) in [5.74, 6) is -2.05. The van der Waals surface area contributed by atoms with E-state index in [1.165, 1.54) is 13.1 Å². The van der Waals surface area contributed by atoms with Gasteiger partial charge in [0.2, 0.25) is 5.91 Å². The number of carboxylic acid groups (broad SMARTS) is 1. The zero-order chi connectivity index (χ0) is 25.7. The summed E-state index contributed by atoms with van der Waals surface area (Å²) in [6, 6.07) is 9.21. The highest BCUT2D eigenvalue weighted by Crippen LogP contribution is 2.32. The number of aromatic nitrogens is 3. The van der Waals surface area contributed by atoms with E-state index < -0.39 is 47.5 Å². The molecule has 2 aromatic heterocycles. The smallest absolute Gasteiger partial charge is 0.328 e. The van der Waals surface area contributed by atoms with Crippen LogP contribution in [0.3, 0.4) is 0 Å². The van der Waals surface area contributed by atoms with Crippen molar-refractivity contribution in [3.05, 3.63) is 67.8 Å². The molecule has 1 unspecified atom stereocenters. The summed E-state index contributed by atoms with van der Waals surface area (Å²) in [5.41, 5.74) is 0.214. The molecule has 0 fully saturated rings. The van der Waals surface area contributed by atoms with E-state index in [2.05, 4.69) is 9.97 Å². The topological polar surface area (TPSA) is 169 Å². The molecule has 0 bridgehead atoms. The molecule has 2 heterocycles. The van der Waals surface area contributed by atoms with Gasteiger partial charge in [-0.05, 0) is 13.8 Å². The van der Waals surface area contributed by atoms with Crippen molar-refractivity contribution in [3.8, 4) is 11.3 Å². The van der Waals surface area contributed by atoms with E-state index in [1.54, 1.807) is 6.92 Å². The van der Waals surface area contributed by atoms with Gasteiger partial charge in [-0.25, -0.2) is 9.78 Å². The Kier molecular flexibility index (Phi) is 8.32. The number of carbonyl (C=O) groups excluding carboxylic acids is 1. The highest BCUT2D eigenvalue weighted by atomic mass is 32.2. The maximum Gasteiger partial charge on any atom is 0.328 e. The van der Waals surface area contributed by atoms with Crippen LogP contribution in [0.15, 0.2) is 46.1 Å². The fourth-order valence-electron chi connectivity index (χ4n) is 3.24. The third-order valence-corrected chi connectivity index (χ3v) is 6.80. The summed E-state index contributed by atoms with van der Waals surface area (Å²) in [5, 5.41) is 9.41. The number of rotatable bonds is 10. The Balaban J connectivity index is 1.80. The van der Waals surface area contributed by atoms with Crippen LogP contribution in [0, 0.1) is 13.8 Å². The number of carbonyl (C=O) groups is 2. The van der Waals surface area contributed by atoms with E-state index >= 15 is 0 Å². The number of hydrogen-bond donors (Lipinski definition) is 2. The van der Waals surface area contributed by atoms with Crippen LogP contribution in [-0.2, 0) is 27.4 Å². The molecule has 0 aliphatic heterocycles. The van der Waals surface area contributed by atoms with Crippen LogP contribution < -0.4 is 15.6 Å². The van der Waals surface area contributed by atoms with Crippen molar-refractivity contribution in [1.82, 2.24) is 19.4 Å². The molecule has 3 aromatic rings. The van der Waals surface area contributed by atoms with Crippen LogP contribution in [0.4, 0.5) is 5.13 Å². The summed E-state index contributed by atoms with van der Waals surface area (Å²) < 4.78 is 25.8. The summed E-state index contributed by atoms with van der Waals surface area (Å²) >= 11 is -1.59. The normalized spacial score (nSPS) is 11.7. The number of H-pyrrole nitrogens is 1. The SMILES string of the molecule is Cc1sc(N(CCN(CC(=O)O)C(=O)Cn2cc(C)c(=O)[nH]c2=O)S(=O)[O-])nc1-c1ccccc1. The molecule has 0 saturated carbocycles. The van der Waals surface area contributed by atoms with E-state index in [1.807, 2.05) is 30.3 Å². The Morgan fingerprint density at radius 2 is 1.89 bits per heavy atom. The third-order valence-electron chi connectivity index (χ3n) is 4.97. The number of benzene rings is 1. The lowest BCUT2D eigenvalue weighted by atomic mass is 10.1. The van der Waals surface area contributed by atoms with Gasteiger partial charge >= 0.3 is 11.7 Å². The van der Waals surface area contributed by atoms with Crippen LogP contribution in [0.5, 0.6) is 0 Å². The first-order chi connectivity index (χ1) is 16.6. The molecule has 0 aliphatic rings. The van der Waals surface area contributed by atoms with Crippen molar-refractivity contribution in [1.29, 1.82) is 0 Å². The van der Waals surface area contributed by atoms with Crippen molar-refractivity contribution < 1.29 is 23.5 Å². The zero-order valence-electron chi connectivity index (χ0n) is 18.8. The Morgan fingerprint density at radius 3 is 2.51 bits per heavy atom. The van der Waals surface area contributed by atoms with Crippen LogP contribution in [0.25, 0.3) is 11.3 Å². The Bertz CT molecular complexity index is 1370. The summed E-state index contributed by atoms with van der Waals surface area (Å²) in [4.78, 5) is 55.9. The molecule has 1 atom stereocenters. The number of aliphatic carboxylic acids is 1. The second kappa shape index (κ2) is 11.2. The number of amides is 1. The standard InChI is InChI=1S/C21H23N5O7S2/c1-13-10-25(20(31)23-19(13)30)11-16(27)24(12-17(28)29)8-9-26(35(32)33)21-22-18(14(2)34-21)15-6-4-3-5-7-15/h3-7,10H,8-9,11-12H2,1-2H3,(H,28,29)(H,32,33)(H,23,30,31)/p-1. The number of hydrogen-bond acceptors (Lipinski definition) is 8. The quantitative estimate of drug-likeness (QED) is 0.364. The minimum absolute atomic E-state index is 0.171. The van der Waals surface area contributed by atoms with Gasteiger partial charge in [0.25, 0.3) is 5.56 Å². The van der Waals surface area contributed by atoms with Gasteiger partial charge in [-0.15, -0.1) is 11.3 Å². The Morgan fingerprint density at radius 1 is 1.20 bits per heavy atom. The first kappa shape index (κ1) is 26.0. The maximum absolute atomic E-state index is 12.8. The molecule has 186 valence electrons. The number of aromatic amines is 1. The van der Waals surface area contributed by atoms with E-state index in [9.17, 15) is 33.0 Å². The fourth-order valence-corrected chi connectivity index (χ4v) is 4.79. The van der Waals surface area contributed by atoms with Crippen LogP contribution in [0.1, 0.15) is 10.4 Å². The molecular weight excluding hydrogens is 498 g/mol. The summed E-state index contributed by atoms with van der Waals surface area (Å²) in [6.07, 6.45) is 1.19. The predicted octanol–water partition coefficient (Wildman–Crippen LogP) is 0.491. The second-order valence-corrected chi connectivity index (χ2v) is 9.55. The molecule has 1 aromatic carbocycles. The van der Waals surface area contributed by atoms with Crippen LogP contribution in [-0.4, -0.2) is 64.8 Å². The molecule has 0 radical (unpaired) electrons. The van der Waals surface area contributed by atoms with E-state index in [-0.39, 0.29) is 23.8 Å². The minimum Gasteiger partial charge on any atom is -0.755 e. The number of nitrogens with zero attached hydrogens (tertiary/aromatic N) is 4. The Labute approximate surface area is 205 Å². The highest BCUT2D eigenvalue weighted by molar-refractivity contribution is 7.80. The molecule has 0 spiro atoms. The van der Waals surface area contributed by atoms with Gasteiger partial charge < -0.3 is 14.6 Å². The number of carboxylic acids is 1. The molecule has 3 rings (SSSR count). The molecule has 0 aliphatic carbocycles. The average molecular weight is 521 g/mol. The Hall–Kier alpha value is -3.62. The van der Waals surface area contributed by atoms with Crippen molar-refractivity contribution in [3.63, 3.8) is 0 Å². The first-order valence-corrected chi connectivity index (χ1v) is 12.1. The molecular formula is C21H22N5O7S2-. The maximum atomic E-state index is 12.8. The largest absolute Gasteiger partial charge is 0.755 e. The van der Waals surface area contributed by atoms with Gasteiger partial charge in [-0.2, -0.15) is 0 Å². The van der Waals surface area contributed by atoms with Gasteiger partial charge in [0, 0.05) is 40.0 Å². The second-order valence-electron chi connectivity index (χ2n) is 7.49. The van der Waals surface area contributed by atoms with Gasteiger partial charge in [0.1, 0.15) is 13.1 Å². The van der Waals surface area contributed by atoms with Crippen molar-refractivity contribution in [2.45, 2.75) is 20.4 Å². The van der Waals surface area contributed by atoms with Gasteiger partial charge in [-0.3, -0.25) is 32.4 Å². The van der Waals surface area contributed by atoms with Gasteiger partial charge in [0.15, 0.2) is 5.13 Å². The van der Waals surface area contributed by atoms with Crippen LogP contribution >= 0.6 is 11.3 Å². The number of aryl methyl sites for hydroxylation is 2. The van der Waals surface area contributed by atoms with Crippen molar-refractivity contribution >= 4 is 39.6 Å². The van der Waals surface area contributed by atoms with Gasteiger partial charge in [-0.1, -0.05) is 30.3 Å². The third kappa shape index (κ3) is 6.49. The lowest BCUT2D eigenvalue weighted by Gasteiger charge is -2.27. The minimum atomic E-state index is -2.74. The molecule has 14 heteroatoms. The van der Waals surface area contributed by atoms with E-state index in [0.717, 1.165) is 35.5 Å². The number of thiazole rings is 1. The molecule has 12 nitrogen and oxygen atoms in total. The molecule has 2 N–H and O–H groups in total. The highest BCUT2D eigenvalue weighted by Gasteiger charge is 2.22. The summed E-state index contributed by atoms with van der Waals surface area (Å²) in [7, 11) is 0.